The van der Waals surface area contributed by atoms with Crippen LogP contribution in [0.3, 0.4) is 0 Å². The van der Waals surface area contributed by atoms with E-state index in [9.17, 15) is 19.2 Å². The van der Waals surface area contributed by atoms with Crippen molar-refractivity contribution < 1.29 is 19.2 Å². The number of carbonyl (C=O) groups excluding carboxylic acids is 4. The molecule has 1 saturated heterocycles. The molecule has 0 bridgehead atoms. The first kappa shape index (κ1) is 19.4. The van der Waals surface area contributed by atoms with Crippen molar-refractivity contribution >= 4 is 40.9 Å². The van der Waals surface area contributed by atoms with Crippen LogP contribution in [0.15, 0.2) is 24.3 Å². The molecule has 1 aromatic rings. The summed E-state index contributed by atoms with van der Waals surface area (Å²) in [5, 5.41) is 3.22. The van der Waals surface area contributed by atoms with Gasteiger partial charge in [0.05, 0.1) is 18.4 Å². The van der Waals surface area contributed by atoms with Gasteiger partial charge in [0.1, 0.15) is 6.54 Å². The van der Waals surface area contributed by atoms with Crippen LogP contribution in [-0.4, -0.2) is 53.6 Å². The highest BCUT2D eigenvalue weighted by molar-refractivity contribution is 6.30. The second kappa shape index (κ2) is 8.08. The van der Waals surface area contributed by atoms with Gasteiger partial charge in [-0.25, -0.2) is 0 Å². The number of nitrogens with zero attached hydrogens (tertiary/aromatic N) is 2. The van der Waals surface area contributed by atoms with E-state index in [-0.39, 0.29) is 42.6 Å². The van der Waals surface area contributed by atoms with Crippen molar-refractivity contribution in [2.24, 2.45) is 11.8 Å². The van der Waals surface area contributed by atoms with Crippen molar-refractivity contribution in [3.63, 3.8) is 0 Å². The Bertz CT molecular complexity index is 741. The fourth-order valence-electron chi connectivity index (χ4n) is 3.68. The van der Waals surface area contributed by atoms with Gasteiger partial charge in [-0.15, -0.1) is 0 Å². The number of carbonyl (C=O) groups is 4. The van der Waals surface area contributed by atoms with Crippen LogP contribution in [0.5, 0.6) is 0 Å². The van der Waals surface area contributed by atoms with Crippen LogP contribution in [0, 0.1) is 11.8 Å². The minimum atomic E-state index is -0.443. The molecule has 3 rings (SSSR count). The van der Waals surface area contributed by atoms with Gasteiger partial charge >= 0.3 is 0 Å². The number of anilines is 1. The Labute approximate surface area is 162 Å². The summed E-state index contributed by atoms with van der Waals surface area (Å²) < 4.78 is 0. The molecule has 2 aliphatic rings. The molecule has 1 aromatic carbocycles. The molecule has 1 aliphatic heterocycles. The van der Waals surface area contributed by atoms with Crippen molar-refractivity contribution in [3.05, 3.63) is 29.3 Å². The molecule has 4 amide bonds. The number of imide groups is 1. The van der Waals surface area contributed by atoms with E-state index in [0.717, 1.165) is 17.7 Å². The Morgan fingerprint density at radius 1 is 1.11 bits per heavy atom. The first-order chi connectivity index (χ1) is 12.9. The maximum Gasteiger partial charge on any atom is 0.243 e. The third-order valence-electron chi connectivity index (χ3n) is 5.16. The van der Waals surface area contributed by atoms with Crippen LogP contribution < -0.4 is 5.32 Å². The smallest absolute Gasteiger partial charge is 0.243 e. The van der Waals surface area contributed by atoms with E-state index < -0.39 is 5.91 Å². The summed E-state index contributed by atoms with van der Waals surface area (Å²) in [6.07, 6.45) is 3.29. The third kappa shape index (κ3) is 4.30. The number of amides is 4. The molecule has 1 N–H and O–H groups in total. The zero-order valence-electron chi connectivity index (χ0n) is 15.1. The highest BCUT2D eigenvalue weighted by atomic mass is 35.5. The van der Waals surface area contributed by atoms with Crippen molar-refractivity contribution in [1.82, 2.24) is 9.80 Å². The van der Waals surface area contributed by atoms with E-state index in [1.807, 2.05) is 0 Å². The molecule has 1 heterocycles. The monoisotopic (exact) mass is 391 g/mol. The van der Waals surface area contributed by atoms with Crippen LogP contribution in [0.25, 0.3) is 0 Å². The number of likely N-dealkylation sites (tertiary alicyclic amines) is 1. The van der Waals surface area contributed by atoms with Crippen LogP contribution in [0.2, 0.25) is 5.02 Å². The molecular weight excluding hydrogens is 370 g/mol. The number of halogens is 1. The number of hydrogen-bond donors (Lipinski definition) is 1. The number of rotatable bonds is 5. The summed E-state index contributed by atoms with van der Waals surface area (Å²) in [6, 6.07) is 6.61. The standard InChI is InChI=1S/C19H22ClN3O4/c1-22(10-16(24)21-13-8-6-12(20)7-9-13)17(25)11-23-18(26)14-4-2-3-5-15(14)19(23)27/h6-9,14-15H,2-5,10-11H2,1H3,(H,21,24)/t14-,15-/m1/s1. The SMILES string of the molecule is CN(CC(=O)Nc1ccc(Cl)cc1)C(=O)CN1C(=O)[C@@H]2CCCC[C@H]2C1=O. The van der Waals surface area contributed by atoms with Crippen molar-refractivity contribution in [1.29, 1.82) is 0 Å². The minimum absolute atomic E-state index is 0.176. The van der Waals surface area contributed by atoms with Gasteiger partial charge < -0.3 is 10.2 Å². The summed E-state index contributed by atoms with van der Waals surface area (Å²) in [5.41, 5.74) is 0.569. The van der Waals surface area contributed by atoms with Gasteiger partial charge in [-0.3, -0.25) is 24.1 Å². The van der Waals surface area contributed by atoms with Crippen molar-refractivity contribution in [2.75, 3.05) is 25.5 Å². The quantitative estimate of drug-likeness (QED) is 0.777. The Hall–Kier alpha value is -2.41. The average molecular weight is 392 g/mol. The van der Waals surface area contributed by atoms with Crippen molar-refractivity contribution in [3.8, 4) is 0 Å². The summed E-state index contributed by atoms with van der Waals surface area (Å²) in [6.45, 7) is -0.486. The summed E-state index contributed by atoms with van der Waals surface area (Å²) in [5.74, 6) is -1.88. The number of benzene rings is 1. The molecule has 0 radical (unpaired) electrons. The number of fused-ring (bicyclic) bond motifs is 1. The third-order valence-corrected chi connectivity index (χ3v) is 5.41. The first-order valence-corrected chi connectivity index (χ1v) is 9.39. The zero-order chi connectivity index (χ0) is 19.6. The molecule has 2 fully saturated rings. The van der Waals surface area contributed by atoms with Gasteiger partial charge in [0.25, 0.3) is 0 Å². The molecule has 1 saturated carbocycles. The molecule has 8 heteroatoms. The van der Waals surface area contributed by atoms with E-state index in [2.05, 4.69) is 5.32 Å². The highest BCUT2D eigenvalue weighted by Gasteiger charge is 2.48. The molecule has 27 heavy (non-hydrogen) atoms. The number of nitrogens with one attached hydrogen (secondary N) is 1. The fraction of sp³-hybridized carbons (Fsp3) is 0.474. The normalized spacial score (nSPS) is 21.8. The Morgan fingerprint density at radius 3 is 2.22 bits per heavy atom. The largest absolute Gasteiger partial charge is 0.335 e. The topological polar surface area (TPSA) is 86.8 Å². The molecule has 144 valence electrons. The van der Waals surface area contributed by atoms with E-state index >= 15 is 0 Å². The Kier molecular flexibility index (Phi) is 5.79. The van der Waals surface area contributed by atoms with Crippen LogP contribution in [-0.2, 0) is 19.2 Å². The second-order valence-electron chi connectivity index (χ2n) is 7.06. The van der Waals surface area contributed by atoms with Crippen molar-refractivity contribution in [2.45, 2.75) is 25.7 Å². The highest BCUT2D eigenvalue weighted by Crippen LogP contribution is 2.37. The molecular formula is C19H22ClN3O4. The molecule has 1 aliphatic carbocycles. The molecule has 0 spiro atoms. The van der Waals surface area contributed by atoms with Gasteiger partial charge in [-0.05, 0) is 37.1 Å². The molecule has 0 unspecified atom stereocenters. The zero-order valence-corrected chi connectivity index (χ0v) is 15.9. The molecule has 2 atom stereocenters. The lowest BCUT2D eigenvalue weighted by Gasteiger charge is -2.20. The second-order valence-corrected chi connectivity index (χ2v) is 7.50. The predicted octanol–water partition coefficient (Wildman–Crippen LogP) is 1.91. The first-order valence-electron chi connectivity index (χ1n) is 9.01. The van der Waals surface area contributed by atoms with E-state index in [1.165, 1.54) is 11.9 Å². The van der Waals surface area contributed by atoms with Crippen LogP contribution in [0.1, 0.15) is 25.7 Å². The predicted molar refractivity (Wildman–Crippen MR) is 99.9 cm³/mol. The maximum absolute atomic E-state index is 12.4. The lowest BCUT2D eigenvalue weighted by atomic mass is 9.81. The maximum atomic E-state index is 12.4. The van der Waals surface area contributed by atoms with Gasteiger partial charge in [0, 0.05) is 17.8 Å². The van der Waals surface area contributed by atoms with Crippen LogP contribution in [0.4, 0.5) is 5.69 Å². The minimum Gasteiger partial charge on any atom is -0.335 e. The Morgan fingerprint density at radius 2 is 1.67 bits per heavy atom. The van der Waals surface area contributed by atoms with E-state index in [0.29, 0.717) is 23.6 Å². The average Bonchev–Trinajstić information content (AvgIpc) is 2.89. The van der Waals surface area contributed by atoms with Gasteiger partial charge in [0.15, 0.2) is 0 Å². The summed E-state index contributed by atoms with van der Waals surface area (Å²) in [7, 11) is 1.47. The lowest BCUT2D eigenvalue weighted by molar-refractivity contribution is -0.146. The molecule has 0 aromatic heterocycles. The Balaban J connectivity index is 1.54. The van der Waals surface area contributed by atoms with Gasteiger partial charge in [-0.1, -0.05) is 24.4 Å². The summed E-state index contributed by atoms with van der Waals surface area (Å²) in [4.78, 5) is 51.7. The number of hydrogen-bond acceptors (Lipinski definition) is 4. The molecule has 7 nitrogen and oxygen atoms in total. The number of likely N-dealkylation sites (N-methyl/N-ethyl adjacent to an activating group) is 1. The van der Waals surface area contributed by atoms with E-state index in [4.69, 9.17) is 11.6 Å². The lowest BCUT2D eigenvalue weighted by Crippen LogP contribution is -2.44. The fourth-order valence-corrected chi connectivity index (χ4v) is 3.81. The van der Waals surface area contributed by atoms with E-state index in [1.54, 1.807) is 24.3 Å². The van der Waals surface area contributed by atoms with Crippen LogP contribution >= 0.6 is 11.6 Å². The van der Waals surface area contributed by atoms with Gasteiger partial charge in [-0.2, -0.15) is 0 Å². The summed E-state index contributed by atoms with van der Waals surface area (Å²) >= 11 is 5.80. The van der Waals surface area contributed by atoms with Gasteiger partial charge in [0.2, 0.25) is 23.6 Å².